The van der Waals surface area contributed by atoms with Gasteiger partial charge in [0.2, 0.25) is 0 Å². The maximum absolute atomic E-state index is 9.13. The molecule has 2 N–H and O–H groups in total. The van der Waals surface area contributed by atoms with Crippen molar-refractivity contribution in [3.63, 3.8) is 0 Å². The number of pyridine rings is 1. The zero-order chi connectivity index (χ0) is 7.68. The maximum Gasteiger partial charge on any atom is 0.116 e. The second kappa shape index (κ2) is 2.21. The lowest BCUT2D eigenvalue weighted by Crippen LogP contribution is -2.34. The molecule has 0 aliphatic carbocycles. The molecular weight excluding hydrogens is 144 g/mol. The lowest BCUT2D eigenvalue weighted by Gasteiger charge is -2.19. The van der Waals surface area contributed by atoms with Crippen molar-refractivity contribution in [2.24, 2.45) is 5.10 Å². The van der Waals surface area contributed by atoms with Gasteiger partial charge in [0, 0.05) is 11.8 Å². The molecule has 0 fully saturated rings. The molecule has 56 valence electrons. The summed E-state index contributed by atoms with van der Waals surface area (Å²) in [5.74, 6) is 0. The largest absolute Gasteiger partial charge is 0.268 e. The quantitative estimate of drug-likeness (QED) is 0.551. The first-order valence-electron chi connectivity index (χ1n) is 3.09. The summed E-state index contributed by atoms with van der Waals surface area (Å²) in [7, 11) is 0. The first-order chi connectivity index (χ1) is 5.38. The molecule has 0 amide bonds. The van der Waals surface area contributed by atoms with E-state index < -0.39 is 0 Å². The van der Waals surface area contributed by atoms with Crippen LogP contribution in [0.2, 0.25) is 0 Å². The highest BCUT2D eigenvalue weighted by atomic mass is 16.5. The van der Waals surface area contributed by atoms with Crippen molar-refractivity contribution in [3.05, 3.63) is 24.0 Å². The van der Waals surface area contributed by atoms with Gasteiger partial charge in [0.1, 0.15) is 5.69 Å². The summed E-state index contributed by atoms with van der Waals surface area (Å²) in [5, 5.41) is 13.6. The van der Waals surface area contributed by atoms with E-state index in [1.807, 2.05) is 0 Å². The van der Waals surface area contributed by atoms with Crippen LogP contribution in [0.15, 0.2) is 23.6 Å². The molecule has 0 atom stereocenters. The van der Waals surface area contributed by atoms with E-state index in [0.29, 0.717) is 5.69 Å². The lowest BCUT2D eigenvalue weighted by atomic mass is 10.2. The van der Waals surface area contributed by atoms with E-state index in [1.165, 1.54) is 0 Å². The fourth-order valence-electron chi connectivity index (χ4n) is 0.890. The highest BCUT2D eigenvalue weighted by Crippen LogP contribution is 2.15. The SMILES string of the molecule is ON1NN=Cc2ccncc21. The zero-order valence-electron chi connectivity index (χ0n) is 5.60. The van der Waals surface area contributed by atoms with Gasteiger partial charge in [0.25, 0.3) is 0 Å². The van der Waals surface area contributed by atoms with Crippen molar-refractivity contribution < 1.29 is 5.21 Å². The van der Waals surface area contributed by atoms with Gasteiger partial charge >= 0.3 is 0 Å². The van der Waals surface area contributed by atoms with Crippen LogP contribution >= 0.6 is 0 Å². The van der Waals surface area contributed by atoms with E-state index in [2.05, 4.69) is 15.6 Å². The summed E-state index contributed by atoms with van der Waals surface area (Å²) < 4.78 is 0. The lowest BCUT2D eigenvalue weighted by molar-refractivity contribution is 0.212. The Morgan fingerprint density at radius 3 is 3.27 bits per heavy atom. The van der Waals surface area contributed by atoms with Gasteiger partial charge in [-0.25, -0.2) is 0 Å². The Kier molecular flexibility index (Phi) is 1.23. The van der Waals surface area contributed by atoms with E-state index in [4.69, 9.17) is 5.21 Å². The van der Waals surface area contributed by atoms with Gasteiger partial charge in [0.05, 0.1) is 12.4 Å². The summed E-state index contributed by atoms with van der Waals surface area (Å²) in [4.78, 5) is 3.85. The van der Waals surface area contributed by atoms with Crippen molar-refractivity contribution in [2.45, 2.75) is 0 Å². The van der Waals surface area contributed by atoms with Crippen molar-refractivity contribution in [3.8, 4) is 0 Å². The van der Waals surface area contributed by atoms with E-state index >= 15 is 0 Å². The molecule has 5 nitrogen and oxygen atoms in total. The minimum Gasteiger partial charge on any atom is -0.268 e. The molecular formula is C6H6N4O. The summed E-state index contributed by atoms with van der Waals surface area (Å²) >= 11 is 0. The van der Waals surface area contributed by atoms with Crippen LogP contribution in [0.25, 0.3) is 0 Å². The van der Waals surface area contributed by atoms with Crippen LogP contribution in [-0.2, 0) is 0 Å². The Balaban J connectivity index is 2.54. The Bertz CT molecular complexity index is 298. The van der Waals surface area contributed by atoms with Gasteiger partial charge < -0.3 is 0 Å². The normalized spacial score (nSPS) is 14.1. The molecule has 1 aliphatic heterocycles. The van der Waals surface area contributed by atoms with Gasteiger partial charge in [-0.3, -0.25) is 10.2 Å². The molecule has 2 heterocycles. The fraction of sp³-hybridized carbons (Fsp3) is 0. The van der Waals surface area contributed by atoms with Crippen LogP contribution in [0, 0.1) is 0 Å². The number of hydrogen-bond acceptors (Lipinski definition) is 5. The van der Waals surface area contributed by atoms with Crippen LogP contribution < -0.4 is 10.7 Å². The smallest absolute Gasteiger partial charge is 0.116 e. The topological polar surface area (TPSA) is 60.8 Å². The number of nitrogens with zero attached hydrogens (tertiary/aromatic N) is 3. The number of anilines is 1. The second-order valence-corrected chi connectivity index (χ2v) is 2.10. The number of hydrazine groups is 1. The fourth-order valence-corrected chi connectivity index (χ4v) is 0.890. The van der Waals surface area contributed by atoms with Gasteiger partial charge in [-0.15, -0.1) is 5.17 Å². The molecule has 0 aromatic carbocycles. The number of hydrazone groups is 1. The minimum atomic E-state index is 0.600. The van der Waals surface area contributed by atoms with Crippen LogP contribution in [-0.4, -0.2) is 16.4 Å². The first kappa shape index (κ1) is 6.11. The van der Waals surface area contributed by atoms with Crippen LogP contribution in [0.3, 0.4) is 0 Å². The van der Waals surface area contributed by atoms with Crippen molar-refractivity contribution in [2.75, 3.05) is 5.17 Å². The standard InChI is InChI=1S/C6H6N4O/c11-10-6-4-7-2-1-5(6)3-8-9-10/h1-4,9,11H. The average Bonchev–Trinajstić information content (AvgIpc) is 2.06. The molecule has 11 heavy (non-hydrogen) atoms. The number of nitrogens with one attached hydrogen (secondary N) is 1. The van der Waals surface area contributed by atoms with Crippen molar-refractivity contribution in [1.29, 1.82) is 0 Å². The highest BCUT2D eigenvalue weighted by molar-refractivity contribution is 5.88. The molecule has 1 aliphatic rings. The molecule has 0 saturated heterocycles. The number of hydrogen-bond donors (Lipinski definition) is 2. The second-order valence-electron chi connectivity index (χ2n) is 2.10. The Labute approximate surface area is 62.9 Å². The Morgan fingerprint density at radius 1 is 1.55 bits per heavy atom. The van der Waals surface area contributed by atoms with Crippen LogP contribution in [0.5, 0.6) is 0 Å². The average molecular weight is 150 g/mol. The third kappa shape index (κ3) is 0.908. The van der Waals surface area contributed by atoms with E-state index in [9.17, 15) is 0 Å². The van der Waals surface area contributed by atoms with Gasteiger partial charge in [-0.2, -0.15) is 10.6 Å². The highest BCUT2D eigenvalue weighted by Gasteiger charge is 2.09. The molecule has 5 heteroatoms. The van der Waals surface area contributed by atoms with Gasteiger partial charge in [0.15, 0.2) is 0 Å². The number of fused-ring (bicyclic) bond motifs is 1. The molecule has 0 radical (unpaired) electrons. The third-order valence-corrected chi connectivity index (χ3v) is 1.42. The van der Waals surface area contributed by atoms with Crippen molar-refractivity contribution >= 4 is 11.9 Å². The number of aromatic nitrogens is 1. The Morgan fingerprint density at radius 2 is 2.45 bits per heavy atom. The van der Waals surface area contributed by atoms with Crippen LogP contribution in [0.1, 0.15) is 5.56 Å². The monoisotopic (exact) mass is 150 g/mol. The van der Waals surface area contributed by atoms with Crippen molar-refractivity contribution in [1.82, 2.24) is 10.5 Å². The first-order valence-corrected chi connectivity index (χ1v) is 3.09. The van der Waals surface area contributed by atoms with Crippen LogP contribution in [0.4, 0.5) is 5.69 Å². The third-order valence-electron chi connectivity index (χ3n) is 1.42. The Hall–Kier alpha value is -1.62. The molecule has 0 bridgehead atoms. The minimum absolute atomic E-state index is 0.600. The predicted octanol–water partition coefficient (Wildman–Crippen LogP) is 0.129. The molecule has 0 unspecified atom stereocenters. The summed E-state index contributed by atoms with van der Waals surface area (Å²) in [6.45, 7) is 0. The maximum atomic E-state index is 9.13. The zero-order valence-corrected chi connectivity index (χ0v) is 5.60. The summed E-state index contributed by atoms with van der Waals surface area (Å²) in [5.41, 5.74) is 3.79. The molecule has 1 aromatic rings. The van der Waals surface area contributed by atoms with Gasteiger partial charge in [-0.1, -0.05) is 0 Å². The number of rotatable bonds is 0. The molecule has 0 saturated carbocycles. The van der Waals surface area contributed by atoms with Gasteiger partial charge in [-0.05, 0) is 6.07 Å². The van der Waals surface area contributed by atoms with E-state index in [-0.39, 0.29) is 0 Å². The molecule has 1 aromatic heterocycles. The predicted molar refractivity (Wildman–Crippen MR) is 39.2 cm³/mol. The summed E-state index contributed by atoms with van der Waals surface area (Å²) in [6, 6.07) is 1.77. The summed E-state index contributed by atoms with van der Waals surface area (Å²) in [6.07, 6.45) is 4.81. The molecule has 0 spiro atoms. The van der Waals surface area contributed by atoms with E-state index in [1.54, 1.807) is 24.7 Å². The molecule has 2 rings (SSSR count). The van der Waals surface area contributed by atoms with E-state index in [0.717, 1.165) is 10.7 Å².